The van der Waals surface area contributed by atoms with E-state index in [0.717, 1.165) is 35.0 Å². The lowest BCUT2D eigenvalue weighted by atomic mass is 10.1. The Balaban J connectivity index is 1.41. The fraction of sp³-hybridized carbons (Fsp3) is 0.250. The second kappa shape index (κ2) is 9.10. The summed E-state index contributed by atoms with van der Waals surface area (Å²) in [4.78, 5) is 20.8. The number of aromatic nitrogens is 2. The maximum atomic E-state index is 12.1. The highest BCUT2D eigenvalue weighted by molar-refractivity contribution is 7.13. The molecule has 5 nitrogen and oxygen atoms in total. The Morgan fingerprint density at radius 1 is 1.19 bits per heavy atom. The van der Waals surface area contributed by atoms with Crippen molar-refractivity contribution in [1.82, 2.24) is 15.3 Å². The zero-order valence-electron chi connectivity index (χ0n) is 14.7. The Morgan fingerprint density at radius 2 is 2.04 bits per heavy atom. The molecule has 6 heteroatoms. The van der Waals surface area contributed by atoms with Gasteiger partial charge in [-0.2, -0.15) is 0 Å². The summed E-state index contributed by atoms with van der Waals surface area (Å²) in [6.45, 7) is 2.69. The highest BCUT2D eigenvalue weighted by atomic mass is 32.1. The molecule has 0 spiro atoms. The zero-order chi connectivity index (χ0) is 18.2. The Morgan fingerprint density at radius 3 is 2.85 bits per heavy atom. The summed E-state index contributed by atoms with van der Waals surface area (Å²) in [6.07, 6.45) is 3.95. The molecule has 0 aliphatic rings. The van der Waals surface area contributed by atoms with Crippen molar-refractivity contribution in [2.24, 2.45) is 0 Å². The lowest BCUT2D eigenvalue weighted by Crippen LogP contribution is -2.26. The average molecular weight is 366 g/mol. The lowest BCUT2D eigenvalue weighted by molar-refractivity contribution is -0.120. The number of nitrogens with one attached hydrogen (secondary N) is 2. The molecule has 134 valence electrons. The number of carbonyl (C=O) groups excluding carboxylic acids is 1. The fourth-order valence-corrected chi connectivity index (χ4v) is 3.27. The molecule has 2 N–H and O–H groups in total. The van der Waals surface area contributed by atoms with Crippen molar-refractivity contribution in [2.45, 2.75) is 26.2 Å². The van der Waals surface area contributed by atoms with Crippen molar-refractivity contribution < 1.29 is 4.79 Å². The summed E-state index contributed by atoms with van der Waals surface area (Å²) in [5, 5.41) is 8.78. The molecule has 0 unspecified atom stereocenters. The molecule has 0 bridgehead atoms. The normalized spacial score (nSPS) is 10.5. The monoisotopic (exact) mass is 366 g/mol. The molecule has 0 fully saturated rings. The van der Waals surface area contributed by atoms with Crippen LogP contribution >= 0.6 is 11.3 Å². The second-order valence-electron chi connectivity index (χ2n) is 6.10. The van der Waals surface area contributed by atoms with Crippen LogP contribution in [0.15, 0.2) is 54.0 Å². The summed E-state index contributed by atoms with van der Waals surface area (Å²) in [7, 11) is 0. The summed E-state index contributed by atoms with van der Waals surface area (Å²) in [5.41, 5.74) is 3.20. The van der Waals surface area contributed by atoms with Crippen molar-refractivity contribution in [3.63, 3.8) is 0 Å². The summed E-state index contributed by atoms with van der Waals surface area (Å²) in [5.74, 6) is 0.764. The smallest absolute Gasteiger partial charge is 0.226 e. The van der Waals surface area contributed by atoms with E-state index in [1.807, 2.05) is 42.6 Å². The van der Waals surface area contributed by atoms with Crippen molar-refractivity contribution in [3.8, 4) is 0 Å². The first-order valence-corrected chi connectivity index (χ1v) is 9.52. The number of pyridine rings is 1. The maximum absolute atomic E-state index is 12.1. The molecular weight excluding hydrogens is 344 g/mol. The standard InChI is InChI=1S/C20H22N4OS/c1-15-9-11-21-18(12-15)24-20-23-17(14-26-20)13-19(25)22-10-5-8-16-6-3-2-4-7-16/h2-4,6-7,9,11-12,14H,5,8,10,13H2,1H3,(H,22,25)(H,21,23,24). The van der Waals surface area contributed by atoms with Crippen LogP contribution in [0.3, 0.4) is 0 Å². The Labute approximate surface area is 157 Å². The quantitative estimate of drug-likeness (QED) is 0.594. The number of aryl methyl sites for hydroxylation is 2. The van der Waals surface area contributed by atoms with Crippen LogP contribution in [-0.4, -0.2) is 22.4 Å². The van der Waals surface area contributed by atoms with Gasteiger partial charge < -0.3 is 10.6 Å². The van der Waals surface area contributed by atoms with E-state index >= 15 is 0 Å². The van der Waals surface area contributed by atoms with Crippen LogP contribution < -0.4 is 10.6 Å². The number of anilines is 2. The topological polar surface area (TPSA) is 66.9 Å². The van der Waals surface area contributed by atoms with Gasteiger partial charge in [0.15, 0.2) is 5.13 Å². The van der Waals surface area contributed by atoms with E-state index in [-0.39, 0.29) is 5.91 Å². The number of thiazole rings is 1. The molecule has 1 aromatic carbocycles. The molecule has 0 atom stereocenters. The van der Waals surface area contributed by atoms with E-state index in [0.29, 0.717) is 13.0 Å². The van der Waals surface area contributed by atoms with E-state index in [2.05, 4.69) is 32.7 Å². The highest BCUT2D eigenvalue weighted by Gasteiger charge is 2.08. The Kier molecular flexibility index (Phi) is 6.33. The second-order valence-corrected chi connectivity index (χ2v) is 6.96. The molecule has 3 aromatic rings. The predicted molar refractivity (Wildman–Crippen MR) is 106 cm³/mol. The molecule has 26 heavy (non-hydrogen) atoms. The third kappa shape index (κ3) is 5.67. The van der Waals surface area contributed by atoms with Gasteiger partial charge in [-0.25, -0.2) is 9.97 Å². The molecule has 3 rings (SSSR count). The van der Waals surface area contributed by atoms with E-state index < -0.39 is 0 Å². The number of nitrogens with zero attached hydrogens (tertiary/aromatic N) is 2. The minimum absolute atomic E-state index is 0.00333. The predicted octanol–water partition coefficient (Wildman–Crippen LogP) is 3.88. The number of benzene rings is 1. The van der Waals surface area contributed by atoms with Crippen LogP contribution in [-0.2, 0) is 17.6 Å². The average Bonchev–Trinajstić information content (AvgIpc) is 3.06. The number of amides is 1. The maximum Gasteiger partial charge on any atom is 0.226 e. The number of rotatable bonds is 8. The molecule has 0 saturated carbocycles. The van der Waals surface area contributed by atoms with Crippen LogP contribution in [0.4, 0.5) is 10.9 Å². The van der Waals surface area contributed by atoms with Gasteiger partial charge in [-0.1, -0.05) is 30.3 Å². The van der Waals surface area contributed by atoms with Crippen LogP contribution in [0.5, 0.6) is 0 Å². The Bertz CT molecular complexity index is 848. The molecular formula is C20H22N4OS. The molecule has 2 heterocycles. The van der Waals surface area contributed by atoms with E-state index in [9.17, 15) is 4.79 Å². The molecule has 2 aromatic heterocycles. The van der Waals surface area contributed by atoms with Crippen LogP contribution in [0.2, 0.25) is 0 Å². The summed E-state index contributed by atoms with van der Waals surface area (Å²) >= 11 is 1.48. The van der Waals surface area contributed by atoms with Crippen LogP contribution in [0.1, 0.15) is 23.2 Å². The molecule has 0 radical (unpaired) electrons. The number of hydrogen-bond donors (Lipinski definition) is 2. The van der Waals surface area contributed by atoms with Crippen LogP contribution in [0, 0.1) is 6.92 Å². The molecule has 0 saturated heterocycles. The van der Waals surface area contributed by atoms with Gasteiger partial charge >= 0.3 is 0 Å². The van der Waals surface area contributed by atoms with Gasteiger partial charge in [-0.15, -0.1) is 11.3 Å². The summed E-state index contributed by atoms with van der Waals surface area (Å²) < 4.78 is 0. The number of hydrogen-bond acceptors (Lipinski definition) is 5. The summed E-state index contributed by atoms with van der Waals surface area (Å²) in [6, 6.07) is 14.2. The number of carbonyl (C=O) groups is 1. The third-order valence-corrected chi connectivity index (χ3v) is 4.66. The van der Waals surface area contributed by atoms with E-state index in [1.54, 1.807) is 6.20 Å². The van der Waals surface area contributed by atoms with Gasteiger partial charge in [-0.3, -0.25) is 4.79 Å². The van der Waals surface area contributed by atoms with E-state index in [1.165, 1.54) is 16.9 Å². The van der Waals surface area contributed by atoms with Gasteiger partial charge in [0.05, 0.1) is 12.1 Å². The molecule has 0 aliphatic heterocycles. The largest absolute Gasteiger partial charge is 0.356 e. The minimum atomic E-state index is 0.00333. The molecule has 1 amide bonds. The van der Waals surface area contributed by atoms with Crippen LogP contribution in [0.25, 0.3) is 0 Å². The fourth-order valence-electron chi connectivity index (χ4n) is 2.55. The van der Waals surface area contributed by atoms with Gasteiger partial charge in [0.25, 0.3) is 0 Å². The van der Waals surface area contributed by atoms with Gasteiger partial charge in [0.1, 0.15) is 5.82 Å². The first kappa shape index (κ1) is 18.1. The van der Waals surface area contributed by atoms with Crippen molar-refractivity contribution >= 4 is 28.2 Å². The van der Waals surface area contributed by atoms with E-state index in [4.69, 9.17) is 0 Å². The van der Waals surface area contributed by atoms with Gasteiger partial charge in [0, 0.05) is 18.1 Å². The highest BCUT2D eigenvalue weighted by Crippen LogP contribution is 2.20. The lowest BCUT2D eigenvalue weighted by Gasteiger charge is -2.04. The van der Waals surface area contributed by atoms with Crippen molar-refractivity contribution in [3.05, 3.63) is 70.9 Å². The first-order valence-electron chi connectivity index (χ1n) is 8.64. The van der Waals surface area contributed by atoms with Gasteiger partial charge in [-0.05, 0) is 43.0 Å². The zero-order valence-corrected chi connectivity index (χ0v) is 15.6. The molecule has 0 aliphatic carbocycles. The SMILES string of the molecule is Cc1ccnc(Nc2nc(CC(=O)NCCCc3ccccc3)cs2)c1. The first-order chi connectivity index (χ1) is 12.7. The third-order valence-electron chi connectivity index (χ3n) is 3.85. The minimum Gasteiger partial charge on any atom is -0.356 e. The van der Waals surface area contributed by atoms with Crippen molar-refractivity contribution in [2.75, 3.05) is 11.9 Å². The van der Waals surface area contributed by atoms with Gasteiger partial charge in [0.2, 0.25) is 5.91 Å². The Hall–Kier alpha value is -2.73. The van der Waals surface area contributed by atoms with Crippen molar-refractivity contribution in [1.29, 1.82) is 0 Å².